The van der Waals surface area contributed by atoms with Crippen molar-refractivity contribution in [2.45, 2.75) is 0 Å². The second-order valence-corrected chi connectivity index (χ2v) is 8.69. The van der Waals surface area contributed by atoms with Crippen LogP contribution in [0.5, 0.6) is 11.5 Å². The van der Waals surface area contributed by atoms with Gasteiger partial charge in [0.2, 0.25) is 0 Å². The minimum atomic E-state index is -0.226. The lowest BCUT2D eigenvalue weighted by Gasteiger charge is -2.12. The lowest BCUT2D eigenvalue weighted by atomic mass is 10.1. The van der Waals surface area contributed by atoms with Crippen LogP contribution in [-0.2, 0) is 0 Å². The summed E-state index contributed by atoms with van der Waals surface area (Å²) in [4.78, 5) is 18.9. The molecule has 1 N–H and O–H groups in total. The van der Waals surface area contributed by atoms with Crippen LogP contribution in [0.15, 0.2) is 64.5 Å². The molecule has 0 atom stereocenters. The van der Waals surface area contributed by atoms with Crippen molar-refractivity contribution in [1.29, 1.82) is 0 Å². The molecular weight excluding hydrogens is 452 g/mol. The Morgan fingerprint density at radius 3 is 2.38 bits per heavy atom. The molecule has 29 heavy (non-hydrogen) atoms. The Hall–Kier alpha value is -2.90. The molecular formula is C22H17BrN2O3S. The van der Waals surface area contributed by atoms with Crippen LogP contribution in [0.3, 0.4) is 0 Å². The smallest absolute Gasteiger partial charge is 0.256 e. The van der Waals surface area contributed by atoms with E-state index in [0.29, 0.717) is 22.7 Å². The second-order valence-electron chi connectivity index (χ2n) is 6.23. The predicted molar refractivity (Wildman–Crippen MR) is 120 cm³/mol. The van der Waals surface area contributed by atoms with Crippen LogP contribution in [0.4, 0.5) is 5.69 Å². The maximum Gasteiger partial charge on any atom is 0.256 e. The number of thiophene rings is 1. The largest absolute Gasteiger partial charge is 0.497 e. The highest BCUT2D eigenvalue weighted by Gasteiger charge is 2.16. The summed E-state index contributed by atoms with van der Waals surface area (Å²) < 4.78 is 11.6. The molecule has 0 fully saturated rings. The van der Waals surface area contributed by atoms with Gasteiger partial charge in [-0.05, 0) is 40.2 Å². The minimum Gasteiger partial charge on any atom is -0.497 e. The van der Waals surface area contributed by atoms with Crippen LogP contribution in [0.2, 0.25) is 0 Å². The van der Waals surface area contributed by atoms with E-state index in [-0.39, 0.29) is 5.91 Å². The summed E-state index contributed by atoms with van der Waals surface area (Å²) in [5.41, 5.74) is 2.67. The Morgan fingerprint density at radius 2 is 1.72 bits per heavy atom. The predicted octanol–water partition coefficient (Wildman–Crippen LogP) is 6.00. The SMILES string of the molecule is COc1cc(NC(=O)c2cc(-c3ccc(Br)s3)nc3ccccc23)cc(OC)c1. The highest BCUT2D eigenvalue weighted by molar-refractivity contribution is 9.11. The molecule has 1 amide bonds. The van der Waals surface area contributed by atoms with Crippen molar-refractivity contribution < 1.29 is 14.3 Å². The van der Waals surface area contributed by atoms with Gasteiger partial charge in [-0.25, -0.2) is 4.98 Å². The summed E-state index contributed by atoms with van der Waals surface area (Å²) in [6.45, 7) is 0. The third kappa shape index (κ3) is 4.11. The molecule has 0 aliphatic heterocycles. The standard InChI is InChI=1S/C22H17BrN2O3S/c1-27-14-9-13(10-15(11-14)28-2)24-22(26)17-12-19(20-7-8-21(23)29-20)25-18-6-4-3-5-16(17)18/h3-12H,1-2H3,(H,24,26). The first kappa shape index (κ1) is 19.4. The number of hydrogen-bond donors (Lipinski definition) is 1. The maximum atomic E-state index is 13.2. The number of nitrogens with zero attached hydrogens (tertiary/aromatic N) is 1. The van der Waals surface area contributed by atoms with Crippen LogP contribution < -0.4 is 14.8 Å². The molecule has 0 saturated heterocycles. The topological polar surface area (TPSA) is 60.5 Å². The average molecular weight is 469 g/mol. The number of methoxy groups -OCH3 is 2. The van der Waals surface area contributed by atoms with E-state index in [1.165, 1.54) is 0 Å². The summed E-state index contributed by atoms with van der Waals surface area (Å²) in [5, 5.41) is 3.74. The van der Waals surface area contributed by atoms with E-state index in [2.05, 4.69) is 21.2 Å². The van der Waals surface area contributed by atoms with Gasteiger partial charge in [-0.15, -0.1) is 11.3 Å². The number of benzene rings is 2. The van der Waals surface area contributed by atoms with Crippen molar-refractivity contribution >= 4 is 49.8 Å². The molecule has 7 heteroatoms. The number of anilines is 1. The Labute approximate surface area is 180 Å². The molecule has 0 radical (unpaired) electrons. The Balaban J connectivity index is 1.77. The molecule has 2 aromatic carbocycles. The van der Waals surface area contributed by atoms with Crippen molar-refractivity contribution in [3.05, 3.63) is 70.0 Å². The fourth-order valence-electron chi connectivity index (χ4n) is 3.02. The summed E-state index contributed by atoms with van der Waals surface area (Å²) in [5.74, 6) is 0.975. The molecule has 0 saturated carbocycles. The van der Waals surface area contributed by atoms with Gasteiger partial charge in [-0.3, -0.25) is 4.79 Å². The monoisotopic (exact) mass is 468 g/mol. The summed E-state index contributed by atoms with van der Waals surface area (Å²) >= 11 is 5.06. The maximum absolute atomic E-state index is 13.2. The highest BCUT2D eigenvalue weighted by atomic mass is 79.9. The average Bonchev–Trinajstić information content (AvgIpc) is 3.18. The summed E-state index contributed by atoms with van der Waals surface area (Å²) in [6, 6.07) is 18.7. The molecule has 4 aromatic rings. The first-order valence-corrected chi connectivity index (χ1v) is 10.4. The lowest BCUT2D eigenvalue weighted by molar-refractivity contribution is 0.102. The molecule has 0 aliphatic rings. The number of carbonyl (C=O) groups excluding carboxylic acids is 1. The van der Waals surface area contributed by atoms with Crippen molar-refractivity contribution in [3.8, 4) is 22.1 Å². The van der Waals surface area contributed by atoms with Crippen LogP contribution in [0.1, 0.15) is 10.4 Å². The Kier molecular flexibility index (Phi) is 5.51. The number of halogens is 1. The van der Waals surface area contributed by atoms with E-state index in [1.54, 1.807) is 43.8 Å². The van der Waals surface area contributed by atoms with Crippen molar-refractivity contribution in [2.24, 2.45) is 0 Å². The Morgan fingerprint density at radius 1 is 1.00 bits per heavy atom. The number of rotatable bonds is 5. The van der Waals surface area contributed by atoms with E-state index < -0.39 is 0 Å². The van der Waals surface area contributed by atoms with Crippen LogP contribution in [-0.4, -0.2) is 25.1 Å². The molecule has 4 rings (SSSR count). The first-order valence-electron chi connectivity index (χ1n) is 8.77. The van der Waals surface area contributed by atoms with Gasteiger partial charge in [-0.1, -0.05) is 18.2 Å². The molecule has 2 heterocycles. The van der Waals surface area contributed by atoms with E-state index >= 15 is 0 Å². The van der Waals surface area contributed by atoms with Crippen molar-refractivity contribution in [1.82, 2.24) is 4.98 Å². The number of carbonyl (C=O) groups is 1. The number of nitrogens with one attached hydrogen (secondary N) is 1. The van der Waals surface area contributed by atoms with Crippen LogP contribution in [0.25, 0.3) is 21.5 Å². The van der Waals surface area contributed by atoms with Gasteiger partial charge in [0.15, 0.2) is 0 Å². The van der Waals surface area contributed by atoms with Gasteiger partial charge in [0, 0.05) is 29.3 Å². The molecule has 0 bridgehead atoms. The van der Waals surface area contributed by atoms with Crippen molar-refractivity contribution in [2.75, 3.05) is 19.5 Å². The number of hydrogen-bond acceptors (Lipinski definition) is 5. The van der Waals surface area contributed by atoms with Gasteiger partial charge < -0.3 is 14.8 Å². The van der Waals surface area contributed by atoms with Gasteiger partial charge in [0.1, 0.15) is 11.5 Å². The third-order valence-electron chi connectivity index (χ3n) is 4.40. The number of ether oxygens (including phenoxy) is 2. The highest BCUT2D eigenvalue weighted by Crippen LogP contribution is 2.33. The minimum absolute atomic E-state index is 0.226. The fraction of sp³-hybridized carbons (Fsp3) is 0.0909. The number of amides is 1. The van der Waals surface area contributed by atoms with Crippen molar-refractivity contribution in [3.63, 3.8) is 0 Å². The number of fused-ring (bicyclic) bond motifs is 1. The van der Waals surface area contributed by atoms with Gasteiger partial charge in [-0.2, -0.15) is 0 Å². The second kappa shape index (κ2) is 8.23. The molecule has 2 aromatic heterocycles. The van der Waals surface area contributed by atoms with E-state index in [0.717, 1.165) is 25.3 Å². The normalized spacial score (nSPS) is 10.7. The zero-order valence-corrected chi connectivity index (χ0v) is 18.1. The molecule has 146 valence electrons. The number of aromatic nitrogens is 1. The van der Waals surface area contributed by atoms with Gasteiger partial charge >= 0.3 is 0 Å². The fourth-order valence-corrected chi connectivity index (χ4v) is 4.37. The molecule has 0 aliphatic carbocycles. The molecule has 0 spiro atoms. The van der Waals surface area contributed by atoms with E-state index in [4.69, 9.17) is 14.5 Å². The Bertz CT molecular complexity index is 1180. The zero-order valence-electron chi connectivity index (χ0n) is 15.7. The zero-order chi connectivity index (χ0) is 20.4. The number of para-hydroxylation sites is 1. The van der Waals surface area contributed by atoms with Gasteiger partial charge in [0.05, 0.1) is 39.7 Å². The summed E-state index contributed by atoms with van der Waals surface area (Å²) in [6.07, 6.45) is 0. The lowest BCUT2D eigenvalue weighted by Crippen LogP contribution is -2.13. The van der Waals surface area contributed by atoms with E-state index in [1.807, 2.05) is 42.5 Å². The van der Waals surface area contributed by atoms with E-state index in [9.17, 15) is 4.79 Å². The molecule has 0 unspecified atom stereocenters. The van der Waals surface area contributed by atoms with Crippen LogP contribution >= 0.6 is 27.3 Å². The third-order valence-corrected chi connectivity index (χ3v) is 6.04. The number of pyridine rings is 1. The quantitative estimate of drug-likeness (QED) is 0.390. The van der Waals surface area contributed by atoms with Gasteiger partial charge in [0.25, 0.3) is 5.91 Å². The summed E-state index contributed by atoms with van der Waals surface area (Å²) in [7, 11) is 3.14. The molecule has 5 nitrogen and oxygen atoms in total. The van der Waals surface area contributed by atoms with Crippen LogP contribution in [0, 0.1) is 0 Å². The first-order chi connectivity index (χ1) is 14.1.